The Morgan fingerprint density at radius 2 is 1.96 bits per heavy atom. The zero-order valence-corrected chi connectivity index (χ0v) is 14.6. The normalized spacial score (nSPS) is 14.9. The second kappa shape index (κ2) is 7.77. The molecule has 0 bridgehead atoms. The number of halogens is 3. The number of carbonyl (C=O) groups excluding carboxylic acids is 1. The highest BCUT2D eigenvalue weighted by Gasteiger charge is 2.31. The number of nitrogens with zero attached hydrogens (tertiary/aromatic N) is 4. The molecule has 27 heavy (non-hydrogen) atoms. The molecule has 0 atom stereocenters. The smallest absolute Gasteiger partial charge is 0.353 e. The number of carbonyl (C=O) groups is 1. The van der Waals surface area contributed by atoms with Gasteiger partial charge in [0.25, 0.3) is 0 Å². The Hall–Kier alpha value is -2.90. The van der Waals surface area contributed by atoms with E-state index < -0.39 is 11.7 Å². The van der Waals surface area contributed by atoms with E-state index in [2.05, 4.69) is 16.5 Å². The minimum absolute atomic E-state index is 0.106. The number of aromatic nitrogens is 2. The van der Waals surface area contributed by atoms with Crippen LogP contribution < -0.4 is 4.90 Å². The first-order valence-electron chi connectivity index (χ1n) is 8.50. The van der Waals surface area contributed by atoms with Crippen molar-refractivity contribution >= 4 is 11.7 Å². The van der Waals surface area contributed by atoms with Gasteiger partial charge in [-0.2, -0.15) is 13.2 Å². The van der Waals surface area contributed by atoms with Gasteiger partial charge in [-0.15, -0.1) is 0 Å². The Bertz CT molecular complexity index is 830. The van der Waals surface area contributed by atoms with Crippen LogP contribution in [0.25, 0.3) is 0 Å². The number of pyridine rings is 2. The average Bonchev–Trinajstić information content (AvgIpc) is 2.67. The quantitative estimate of drug-likeness (QED) is 0.770. The minimum Gasteiger partial charge on any atom is -0.353 e. The van der Waals surface area contributed by atoms with E-state index in [-0.39, 0.29) is 5.91 Å². The summed E-state index contributed by atoms with van der Waals surface area (Å²) in [5.41, 5.74) is 0.531. The Kier molecular flexibility index (Phi) is 5.43. The number of amides is 1. The molecule has 3 heterocycles. The first kappa shape index (κ1) is 18.9. The molecule has 2 aromatic heterocycles. The van der Waals surface area contributed by atoms with Crippen molar-refractivity contribution in [2.45, 2.75) is 12.6 Å². The molecule has 5 nitrogen and oxygen atoms in total. The first-order chi connectivity index (χ1) is 12.9. The fourth-order valence-electron chi connectivity index (χ4n) is 3.08. The second-order valence-corrected chi connectivity index (χ2v) is 6.26. The van der Waals surface area contributed by atoms with Crippen molar-refractivity contribution in [3.05, 3.63) is 66.1 Å². The molecule has 1 aliphatic heterocycles. The first-order valence-corrected chi connectivity index (χ1v) is 8.50. The number of hydrogen-bond acceptors (Lipinski definition) is 4. The van der Waals surface area contributed by atoms with E-state index in [9.17, 15) is 18.0 Å². The summed E-state index contributed by atoms with van der Waals surface area (Å²) in [4.78, 5) is 23.6. The molecule has 1 fully saturated rings. The summed E-state index contributed by atoms with van der Waals surface area (Å²) in [5.74, 6) is 0.617. The van der Waals surface area contributed by atoms with Gasteiger partial charge in [0.2, 0.25) is 5.91 Å². The summed E-state index contributed by atoms with van der Waals surface area (Å²) in [6.45, 7) is 5.79. The van der Waals surface area contributed by atoms with Gasteiger partial charge in [-0.25, -0.2) is 4.98 Å². The third-order valence-corrected chi connectivity index (χ3v) is 4.45. The molecule has 0 aromatic carbocycles. The lowest BCUT2D eigenvalue weighted by atomic mass is 10.0. The van der Waals surface area contributed by atoms with Crippen molar-refractivity contribution < 1.29 is 18.0 Å². The maximum Gasteiger partial charge on any atom is 0.417 e. The fourth-order valence-corrected chi connectivity index (χ4v) is 3.08. The van der Waals surface area contributed by atoms with Gasteiger partial charge in [0.15, 0.2) is 0 Å². The molecule has 0 saturated carbocycles. The molecule has 0 unspecified atom stereocenters. The lowest BCUT2D eigenvalue weighted by Gasteiger charge is -2.35. The summed E-state index contributed by atoms with van der Waals surface area (Å²) in [6.07, 6.45) is 1.09. The van der Waals surface area contributed by atoms with Crippen LogP contribution in [-0.2, 0) is 17.4 Å². The maximum atomic E-state index is 12.9. The molecule has 142 valence electrons. The molecular weight excluding hydrogens is 357 g/mol. The fraction of sp³-hybridized carbons (Fsp3) is 0.316. The van der Waals surface area contributed by atoms with Gasteiger partial charge in [0, 0.05) is 51.2 Å². The summed E-state index contributed by atoms with van der Waals surface area (Å²) in [7, 11) is 0. The van der Waals surface area contributed by atoms with E-state index in [0.717, 1.165) is 23.6 Å². The summed E-state index contributed by atoms with van der Waals surface area (Å²) >= 11 is 0. The topological polar surface area (TPSA) is 49.3 Å². The van der Waals surface area contributed by atoms with E-state index in [1.165, 1.54) is 12.3 Å². The highest BCUT2D eigenvalue weighted by atomic mass is 19.4. The lowest BCUT2D eigenvalue weighted by Crippen LogP contribution is -2.48. The van der Waals surface area contributed by atoms with Crippen LogP contribution in [0.2, 0.25) is 0 Å². The van der Waals surface area contributed by atoms with Crippen LogP contribution in [0.1, 0.15) is 16.7 Å². The highest BCUT2D eigenvalue weighted by molar-refractivity contribution is 5.87. The SMILES string of the molecule is C=CC(=O)N1CCN(c2ncccc2Cc2cncc(C(F)(F)F)c2)CC1. The zero-order chi connectivity index (χ0) is 19.4. The molecular formula is C19H19F3N4O. The van der Waals surface area contributed by atoms with Gasteiger partial charge in [-0.1, -0.05) is 12.6 Å². The highest BCUT2D eigenvalue weighted by Crippen LogP contribution is 2.30. The number of hydrogen-bond donors (Lipinski definition) is 0. The standard InChI is InChI=1S/C19H19F3N4O/c1-2-17(27)25-6-8-26(9-7-25)18-15(4-3-5-24-18)10-14-11-16(13-23-12-14)19(20,21)22/h2-5,11-13H,1,6-10H2. The van der Waals surface area contributed by atoms with Crippen LogP contribution in [0.15, 0.2) is 49.4 Å². The van der Waals surface area contributed by atoms with Crippen LogP contribution in [0, 0.1) is 0 Å². The van der Waals surface area contributed by atoms with Crippen molar-refractivity contribution in [2.24, 2.45) is 0 Å². The molecule has 2 aromatic rings. The van der Waals surface area contributed by atoms with E-state index in [1.54, 1.807) is 17.2 Å². The third kappa shape index (κ3) is 4.45. The van der Waals surface area contributed by atoms with E-state index in [4.69, 9.17) is 0 Å². The molecule has 3 rings (SSSR count). The molecule has 8 heteroatoms. The van der Waals surface area contributed by atoms with Crippen molar-refractivity contribution in [3.8, 4) is 0 Å². The van der Waals surface area contributed by atoms with Gasteiger partial charge in [0.1, 0.15) is 5.82 Å². The molecule has 0 spiro atoms. The number of anilines is 1. The Morgan fingerprint density at radius 1 is 1.22 bits per heavy atom. The number of piperazine rings is 1. The average molecular weight is 376 g/mol. The third-order valence-electron chi connectivity index (χ3n) is 4.45. The largest absolute Gasteiger partial charge is 0.417 e. The van der Waals surface area contributed by atoms with Gasteiger partial charge in [-0.05, 0) is 29.3 Å². The van der Waals surface area contributed by atoms with Crippen LogP contribution in [0.5, 0.6) is 0 Å². The van der Waals surface area contributed by atoms with Crippen molar-refractivity contribution in [1.29, 1.82) is 0 Å². The maximum absolute atomic E-state index is 12.9. The Labute approximate surface area is 155 Å². The number of rotatable bonds is 4. The van der Waals surface area contributed by atoms with E-state index >= 15 is 0 Å². The monoisotopic (exact) mass is 376 g/mol. The van der Waals surface area contributed by atoms with Crippen LogP contribution in [-0.4, -0.2) is 47.0 Å². The Morgan fingerprint density at radius 3 is 2.63 bits per heavy atom. The lowest BCUT2D eigenvalue weighted by molar-refractivity contribution is -0.137. The second-order valence-electron chi connectivity index (χ2n) is 6.26. The predicted octanol–water partition coefficient (Wildman–Crippen LogP) is 2.92. The van der Waals surface area contributed by atoms with Crippen molar-refractivity contribution in [1.82, 2.24) is 14.9 Å². The van der Waals surface area contributed by atoms with E-state index in [1.807, 2.05) is 11.0 Å². The van der Waals surface area contributed by atoms with Gasteiger partial charge in [-0.3, -0.25) is 9.78 Å². The zero-order valence-electron chi connectivity index (χ0n) is 14.6. The summed E-state index contributed by atoms with van der Waals surface area (Å²) in [6, 6.07) is 4.73. The number of alkyl halides is 3. The van der Waals surface area contributed by atoms with Crippen LogP contribution in [0.3, 0.4) is 0 Å². The van der Waals surface area contributed by atoms with Gasteiger partial charge in [0.05, 0.1) is 5.56 Å². The molecule has 1 amide bonds. The molecule has 1 saturated heterocycles. The molecule has 0 radical (unpaired) electrons. The van der Waals surface area contributed by atoms with Gasteiger partial charge < -0.3 is 9.80 Å². The summed E-state index contributed by atoms with van der Waals surface area (Å²) in [5, 5.41) is 0. The predicted molar refractivity (Wildman–Crippen MR) is 95.3 cm³/mol. The van der Waals surface area contributed by atoms with E-state index in [0.29, 0.717) is 38.2 Å². The van der Waals surface area contributed by atoms with Crippen LogP contribution >= 0.6 is 0 Å². The van der Waals surface area contributed by atoms with Crippen LogP contribution in [0.4, 0.5) is 19.0 Å². The summed E-state index contributed by atoms with van der Waals surface area (Å²) < 4.78 is 38.7. The van der Waals surface area contributed by atoms with Crippen molar-refractivity contribution in [2.75, 3.05) is 31.1 Å². The van der Waals surface area contributed by atoms with Gasteiger partial charge >= 0.3 is 6.18 Å². The molecule has 1 aliphatic rings. The molecule has 0 aliphatic carbocycles. The van der Waals surface area contributed by atoms with Crippen molar-refractivity contribution in [3.63, 3.8) is 0 Å². The molecule has 0 N–H and O–H groups in total. The minimum atomic E-state index is -4.42. The Balaban J connectivity index is 1.78.